The summed E-state index contributed by atoms with van der Waals surface area (Å²) in [4.78, 5) is 11.5. The summed E-state index contributed by atoms with van der Waals surface area (Å²) in [6.45, 7) is 5.03. The van der Waals surface area contributed by atoms with Crippen molar-refractivity contribution in [2.24, 2.45) is 4.99 Å². The molecule has 2 heterocycles. The average Bonchev–Trinajstić information content (AvgIpc) is 3.81. The molecule has 8 rings (SSSR count). The van der Waals surface area contributed by atoms with Gasteiger partial charge in [-0.1, -0.05) is 146 Å². The Morgan fingerprint density at radius 2 is 1.10 bits per heavy atom. The van der Waals surface area contributed by atoms with E-state index in [0.717, 1.165) is 62.0 Å². The Balaban J connectivity index is 1.56. The van der Waals surface area contributed by atoms with Crippen molar-refractivity contribution in [1.82, 2.24) is 14.9 Å². The SMILES string of the molecule is CCOc1ccccc1-c1nc(-c2ccccc2)c(-c2ccccc2)n1C1(c2ccccc2OCC)N=C(c2ccccc2)C(c2ccccc2)N1. The van der Waals surface area contributed by atoms with Gasteiger partial charge >= 0.3 is 0 Å². The molecule has 52 heavy (non-hydrogen) atoms. The van der Waals surface area contributed by atoms with E-state index in [0.29, 0.717) is 19.0 Å². The smallest absolute Gasteiger partial charge is 0.224 e. The van der Waals surface area contributed by atoms with E-state index in [9.17, 15) is 0 Å². The van der Waals surface area contributed by atoms with Crippen LogP contribution in [0.1, 0.15) is 36.6 Å². The van der Waals surface area contributed by atoms with Crippen molar-refractivity contribution < 1.29 is 9.47 Å². The zero-order valence-electron chi connectivity index (χ0n) is 29.3. The van der Waals surface area contributed by atoms with Crippen LogP contribution in [0.5, 0.6) is 11.5 Å². The third kappa shape index (κ3) is 5.97. The second-order valence-electron chi connectivity index (χ2n) is 12.6. The maximum atomic E-state index is 6.46. The number of hydrogen-bond acceptors (Lipinski definition) is 5. The van der Waals surface area contributed by atoms with Gasteiger partial charge in [0.2, 0.25) is 5.79 Å². The standard InChI is InChI=1S/C46H40N4O2/c1-3-51-39-31-19-17-29-37(39)45-47-43(35-25-13-7-14-26-35)44(36-27-15-8-16-28-36)50(45)46(38-30-18-20-32-40(38)52-4-2)48-41(33-21-9-5-10-22-33)42(49-46)34-23-11-6-12-24-34/h5-32,41,48H,3-4H2,1-2H3. The van der Waals surface area contributed by atoms with Crippen molar-refractivity contribution in [3.8, 4) is 45.4 Å². The molecule has 0 bridgehead atoms. The number of rotatable bonds is 11. The maximum absolute atomic E-state index is 6.46. The molecule has 256 valence electrons. The summed E-state index contributed by atoms with van der Waals surface area (Å²) >= 11 is 0. The van der Waals surface area contributed by atoms with Crippen LogP contribution in [-0.2, 0) is 5.79 Å². The van der Waals surface area contributed by atoms with E-state index in [2.05, 4.69) is 125 Å². The lowest BCUT2D eigenvalue weighted by Crippen LogP contribution is -2.46. The molecule has 0 spiro atoms. The van der Waals surface area contributed by atoms with Crippen LogP contribution in [0.15, 0.2) is 175 Å². The minimum atomic E-state index is -1.24. The lowest BCUT2D eigenvalue weighted by molar-refractivity contribution is 0.277. The van der Waals surface area contributed by atoms with Crippen molar-refractivity contribution >= 4 is 5.71 Å². The van der Waals surface area contributed by atoms with Crippen molar-refractivity contribution in [2.45, 2.75) is 25.7 Å². The molecule has 1 N–H and O–H groups in total. The molecule has 0 saturated heterocycles. The van der Waals surface area contributed by atoms with Gasteiger partial charge in [-0.2, -0.15) is 0 Å². The summed E-state index contributed by atoms with van der Waals surface area (Å²) in [7, 11) is 0. The van der Waals surface area contributed by atoms with Crippen LogP contribution in [0.4, 0.5) is 0 Å². The molecule has 6 heteroatoms. The van der Waals surface area contributed by atoms with E-state index in [-0.39, 0.29) is 6.04 Å². The van der Waals surface area contributed by atoms with Crippen molar-refractivity contribution in [2.75, 3.05) is 13.2 Å². The highest BCUT2D eigenvalue weighted by Crippen LogP contribution is 2.49. The highest BCUT2D eigenvalue weighted by Gasteiger charge is 2.49. The molecule has 0 amide bonds. The third-order valence-electron chi connectivity index (χ3n) is 9.39. The Kier molecular flexibility index (Phi) is 9.21. The van der Waals surface area contributed by atoms with Crippen LogP contribution >= 0.6 is 0 Å². The van der Waals surface area contributed by atoms with Gasteiger partial charge < -0.3 is 9.47 Å². The zero-order chi connectivity index (χ0) is 35.3. The number of hydrogen-bond donors (Lipinski definition) is 1. The summed E-state index contributed by atoms with van der Waals surface area (Å²) in [6.07, 6.45) is 0. The average molecular weight is 681 g/mol. The van der Waals surface area contributed by atoms with Crippen molar-refractivity contribution in [3.63, 3.8) is 0 Å². The second-order valence-corrected chi connectivity index (χ2v) is 12.6. The molecule has 1 aliphatic rings. The van der Waals surface area contributed by atoms with Crippen LogP contribution in [-0.4, -0.2) is 28.5 Å². The van der Waals surface area contributed by atoms with Gasteiger partial charge in [0, 0.05) is 11.1 Å². The van der Waals surface area contributed by atoms with Gasteiger partial charge in [-0.3, -0.25) is 9.88 Å². The number of nitrogens with one attached hydrogen (secondary N) is 1. The largest absolute Gasteiger partial charge is 0.493 e. The van der Waals surface area contributed by atoms with Crippen molar-refractivity contribution in [3.05, 3.63) is 187 Å². The Morgan fingerprint density at radius 1 is 0.577 bits per heavy atom. The first-order chi connectivity index (χ1) is 25.7. The molecule has 7 aromatic rings. The lowest BCUT2D eigenvalue weighted by atomic mass is 9.97. The molecule has 1 aromatic heterocycles. The van der Waals surface area contributed by atoms with Crippen molar-refractivity contribution in [1.29, 1.82) is 0 Å². The maximum Gasteiger partial charge on any atom is 0.224 e. The topological polar surface area (TPSA) is 60.7 Å². The van der Waals surface area contributed by atoms with E-state index in [1.54, 1.807) is 0 Å². The number of ether oxygens (including phenoxy) is 2. The minimum absolute atomic E-state index is 0.278. The summed E-state index contributed by atoms with van der Waals surface area (Å²) in [5, 5.41) is 4.14. The predicted molar refractivity (Wildman–Crippen MR) is 210 cm³/mol. The Hall–Kier alpha value is -6.24. The van der Waals surface area contributed by atoms with Crippen LogP contribution < -0.4 is 14.8 Å². The van der Waals surface area contributed by atoms with Gasteiger partial charge in [-0.25, -0.2) is 9.98 Å². The van der Waals surface area contributed by atoms with Gasteiger partial charge in [-0.15, -0.1) is 0 Å². The molecule has 0 fully saturated rings. The molecular formula is C46H40N4O2. The van der Waals surface area contributed by atoms with E-state index in [1.165, 1.54) is 0 Å². The Morgan fingerprint density at radius 3 is 1.75 bits per heavy atom. The third-order valence-corrected chi connectivity index (χ3v) is 9.39. The molecule has 6 aromatic carbocycles. The van der Waals surface area contributed by atoms with Crippen LogP contribution in [0, 0.1) is 0 Å². The summed E-state index contributed by atoms with van der Waals surface area (Å²) in [6, 6.07) is 57.9. The fourth-order valence-electron chi connectivity index (χ4n) is 7.18. The predicted octanol–water partition coefficient (Wildman–Crippen LogP) is 10.2. The lowest BCUT2D eigenvalue weighted by Gasteiger charge is -2.35. The molecule has 0 radical (unpaired) electrons. The number of nitrogens with zero attached hydrogens (tertiary/aromatic N) is 3. The Labute approximate surface area is 305 Å². The fraction of sp³-hybridized carbons (Fsp3) is 0.130. The molecule has 0 aliphatic carbocycles. The van der Waals surface area contributed by atoms with E-state index >= 15 is 0 Å². The second kappa shape index (κ2) is 14.5. The number of para-hydroxylation sites is 2. The molecule has 0 saturated carbocycles. The molecule has 2 atom stereocenters. The number of imidazole rings is 1. The van der Waals surface area contributed by atoms with Crippen LogP contribution in [0.3, 0.4) is 0 Å². The van der Waals surface area contributed by atoms with E-state index in [1.807, 2.05) is 68.4 Å². The number of benzene rings is 6. The van der Waals surface area contributed by atoms with Gasteiger partial charge in [-0.05, 0) is 49.2 Å². The first-order valence-electron chi connectivity index (χ1n) is 17.9. The quantitative estimate of drug-likeness (QED) is 0.148. The fourth-order valence-corrected chi connectivity index (χ4v) is 7.18. The monoisotopic (exact) mass is 680 g/mol. The first kappa shape index (κ1) is 32.9. The van der Waals surface area contributed by atoms with Gasteiger partial charge in [0.25, 0.3) is 0 Å². The summed E-state index contributed by atoms with van der Waals surface area (Å²) in [5.74, 6) is 0.955. The zero-order valence-corrected chi connectivity index (χ0v) is 29.3. The van der Waals surface area contributed by atoms with Gasteiger partial charge in [0.15, 0.2) is 0 Å². The van der Waals surface area contributed by atoms with E-state index < -0.39 is 5.79 Å². The normalized spacial score (nSPS) is 16.7. The number of aromatic nitrogens is 2. The molecular weight excluding hydrogens is 641 g/mol. The minimum Gasteiger partial charge on any atom is -0.493 e. The highest BCUT2D eigenvalue weighted by molar-refractivity contribution is 6.06. The summed E-state index contributed by atoms with van der Waals surface area (Å²) in [5.41, 5.74) is 8.52. The Bertz CT molecular complexity index is 2300. The van der Waals surface area contributed by atoms with E-state index in [4.69, 9.17) is 19.5 Å². The summed E-state index contributed by atoms with van der Waals surface area (Å²) < 4.78 is 15.1. The van der Waals surface area contributed by atoms with Crippen LogP contribution in [0.2, 0.25) is 0 Å². The number of aliphatic imine (C=N–C) groups is 1. The van der Waals surface area contributed by atoms with Gasteiger partial charge in [0.05, 0.1) is 47.5 Å². The first-order valence-corrected chi connectivity index (χ1v) is 17.9. The highest BCUT2D eigenvalue weighted by atomic mass is 16.5. The molecule has 6 nitrogen and oxygen atoms in total. The van der Waals surface area contributed by atoms with Crippen LogP contribution in [0.25, 0.3) is 33.9 Å². The molecule has 1 aliphatic heterocycles. The molecule has 2 unspecified atom stereocenters. The van der Waals surface area contributed by atoms with Gasteiger partial charge in [0.1, 0.15) is 17.3 Å².